The molecular formula is C9H10O3. The summed E-state index contributed by atoms with van der Waals surface area (Å²) in [5, 5.41) is 0. The van der Waals surface area contributed by atoms with Crippen LogP contribution in [0.25, 0.3) is 0 Å². The first kappa shape index (κ1) is 8.54. The van der Waals surface area contributed by atoms with Crippen molar-refractivity contribution in [1.29, 1.82) is 0 Å². The molecule has 0 saturated heterocycles. The lowest BCUT2D eigenvalue weighted by molar-refractivity contribution is 0.325. The van der Waals surface area contributed by atoms with Gasteiger partial charge in [-0.25, -0.2) is 0 Å². The SMILES string of the molecule is COc1c#ccc(OC)c1OC. The lowest BCUT2D eigenvalue weighted by Gasteiger charge is -2.07. The number of hydrogen-bond acceptors (Lipinski definition) is 3. The maximum atomic E-state index is 5.06. The summed E-state index contributed by atoms with van der Waals surface area (Å²) in [5.74, 6) is 1.63. The molecule has 1 aromatic carbocycles. The van der Waals surface area contributed by atoms with Gasteiger partial charge in [0.05, 0.1) is 21.3 Å². The molecule has 0 unspecified atom stereocenters. The Hall–Kier alpha value is -1.56. The highest BCUT2D eigenvalue weighted by atomic mass is 16.5. The Kier molecular flexibility index (Phi) is 2.65. The molecule has 64 valence electrons. The first-order valence-corrected chi connectivity index (χ1v) is 3.41. The van der Waals surface area contributed by atoms with Crippen molar-refractivity contribution in [2.75, 3.05) is 21.3 Å². The van der Waals surface area contributed by atoms with Crippen LogP contribution in [0.1, 0.15) is 0 Å². The third-order valence-corrected chi connectivity index (χ3v) is 1.45. The minimum atomic E-state index is 0.497. The van der Waals surface area contributed by atoms with E-state index in [2.05, 4.69) is 12.1 Å². The summed E-state index contributed by atoms with van der Waals surface area (Å²) in [5.41, 5.74) is 0. The zero-order chi connectivity index (χ0) is 8.97. The van der Waals surface area contributed by atoms with Crippen LogP contribution in [0.3, 0.4) is 0 Å². The van der Waals surface area contributed by atoms with E-state index in [1.165, 1.54) is 0 Å². The van der Waals surface area contributed by atoms with Gasteiger partial charge in [-0.2, -0.15) is 0 Å². The molecule has 0 amide bonds. The van der Waals surface area contributed by atoms with Crippen molar-refractivity contribution < 1.29 is 14.2 Å². The zero-order valence-corrected chi connectivity index (χ0v) is 7.30. The second-order valence-electron chi connectivity index (χ2n) is 2.05. The van der Waals surface area contributed by atoms with Crippen molar-refractivity contribution in [3.05, 3.63) is 18.2 Å². The van der Waals surface area contributed by atoms with E-state index in [-0.39, 0.29) is 0 Å². The van der Waals surface area contributed by atoms with Crippen LogP contribution in [-0.2, 0) is 0 Å². The van der Waals surface area contributed by atoms with Gasteiger partial charge in [-0.3, -0.25) is 0 Å². The zero-order valence-electron chi connectivity index (χ0n) is 7.30. The molecule has 0 radical (unpaired) electrons. The van der Waals surface area contributed by atoms with Crippen LogP contribution in [0.4, 0.5) is 0 Å². The molecule has 3 heteroatoms. The summed E-state index contributed by atoms with van der Waals surface area (Å²) in [7, 11) is 4.65. The van der Waals surface area contributed by atoms with Gasteiger partial charge in [0, 0.05) is 6.07 Å². The molecule has 0 aromatic heterocycles. The molecule has 0 aliphatic rings. The molecular weight excluding hydrogens is 156 g/mol. The van der Waals surface area contributed by atoms with Crippen molar-refractivity contribution in [3.63, 3.8) is 0 Å². The van der Waals surface area contributed by atoms with E-state index in [9.17, 15) is 0 Å². The van der Waals surface area contributed by atoms with E-state index in [0.29, 0.717) is 17.2 Å². The Morgan fingerprint density at radius 3 is 2.33 bits per heavy atom. The lowest BCUT2D eigenvalue weighted by atomic mass is 10.3. The van der Waals surface area contributed by atoms with Gasteiger partial charge < -0.3 is 14.2 Å². The van der Waals surface area contributed by atoms with Crippen LogP contribution < -0.4 is 14.2 Å². The van der Waals surface area contributed by atoms with Crippen LogP contribution >= 0.6 is 0 Å². The van der Waals surface area contributed by atoms with Gasteiger partial charge in [0.2, 0.25) is 11.5 Å². The topological polar surface area (TPSA) is 27.7 Å². The number of rotatable bonds is 3. The summed E-state index contributed by atoms with van der Waals surface area (Å²) in [6.07, 6.45) is 0. The van der Waals surface area contributed by atoms with Crippen molar-refractivity contribution >= 4 is 0 Å². The highest BCUT2D eigenvalue weighted by Crippen LogP contribution is 2.33. The fourth-order valence-corrected chi connectivity index (χ4v) is 0.890. The van der Waals surface area contributed by atoms with Gasteiger partial charge in [0.25, 0.3) is 0 Å². The Morgan fingerprint density at radius 2 is 1.83 bits per heavy atom. The standard InChI is InChI=1S/C9H10O3/c1-10-7-5-4-6-8(11-2)9(7)12-3/h5H,1-3H3. The molecule has 0 N–H and O–H groups in total. The number of hydrogen-bond donors (Lipinski definition) is 0. The third-order valence-electron chi connectivity index (χ3n) is 1.45. The van der Waals surface area contributed by atoms with Crippen LogP contribution in [0.15, 0.2) is 6.07 Å². The van der Waals surface area contributed by atoms with Crippen molar-refractivity contribution in [3.8, 4) is 17.2 Å². The monoisotopic (exact) mass is 166 g/mol. The molecule has 0 aliphatic carbocycles. The van der Waals surface area contributed by atoms with E-state index >= 15 is 0 Å². The van der Waals surface area contributed by atoms with Crippen molar-refractivity contribution in [1.82, 2.24) is 0 Å². The van der Waals surface area contributed by atoms with Gasteiger partial charge in [0.1, 0.15) is 0 Å². The van der Waals surface area contributed by atoms with Crippen LogP contribution in [0, 0.1) is 12.1 Å². The van der Waals surface area contributed by atoms with Crippen LogP contribution in [0.2, 0.25) is 0 Å². The van der Waals surface area contributed by atoms with Crippen LogP contribution in [-0.4, -0.2) is 21.3 Å². The molecule has 1 aromatic rings. The lowest BCUT2D eigenvalue weighted by Crippen LogP contribution is -1.92. The molecule has 0 bridgehead atoms. The summed E-state index contributed by atoms with van der Waals surface area (Å²) >= 11 is 0. The Labute approximate surface area is 71.9 Å². The molecule has 0 heterocycles. The fourth-order valence-electron chi connectivity index (χ4n) is 0.890. The Bertz CT molecular complexity index is 236. The highest BCUT2D eigenvalue weighted by molar-refractivity contribution is 5.48. The first-order valence-electron chi connectivity index (χ1n) is 3.41. The second-order valence-corrected chi connectivity index (χ2v) is 2.05. The van der Waals surface area contributed by atoms with Gasteiger partial charge in [0.15, 0.2) is 5.75 Å². The first-order chi connectivity index (χ1) is 5.83. The fraction of sp³-hybridized carbons (Fsp3) is 0.333. The molecule has 12 heavy (non-hydrogen) atoms. The molecule has 1 rings (SSSR count). The van der Waals surface area contributed by atoms with Gasteiger partial charge in [-0.15, -0.1) is 0 Å². The molecule has 0 saturated carbocycles. The number of methoxy groups -OCH3 is 3. The minimum Gasteiger partial charge on any atom is -0.492 e. The summed E-state index contributed by atoms with van der Waals surface area (Å²) in [4.78, 5) is 0. The second kappa shape index (κ2) is 3.72. The van der Waals surface area contributed by atoms with Gasteiger partial charge >= 0.3 is 0 Å². The molecule has 0 aliphatic heterocycles. The molecule has 0 atom stereocenters. The Morgan fingerprint density at radius 1 is 1.08 bits per heavy atom. The highest BCUT2D eigenvalue weighted by Gasteiger charge is 2.08. The predicted molar refractivity (Wildman–Crippen MR) is 43.8 cm³/mol. The normalized spacial score (nSPS) is 8.58. The summed E-state index contributed by atoms with van der Waals surface area (Å²) < 4.78 is 15.1. The average molecular weight is 166 g/mol. The van der Waals surface area contributed by atoms with E-state index in [4.69, 9.17) is 14.2 Å². The number of ether oxygens (including phenoxy) is 3. The van der Waals surface area contributed by atoms with Crippen molar-refractivity contribution in [2.45, 2.75) is 0 Å². The largest absolute Gasteiger partial charge is 0.492 e. The van der Waals surface area contributed by atoms with Gasteiger partial charge in [-0.1, -0.05) is 6.07 Å². The predicted octanol–water partition coefficient (Wildman–Crippen LogP) is 1.31. The molecule has 3 nitrogen and oxygen atoms in total. The molecule has 0 fully saturated rings. The smallest absolute Gasteiger partial charge is 0.216 e. The maximum absolute atomic E-state index is 5.06. The van der Waals surface area contributed by atoms with Crippen LogP contribution in [0.5, 0.6) is 17.2 Å². The Balaban J connectivity index is 3.13. The minimum absolute atomic E-state index is 0.497. The van der Waals surface area contributed by atoms with E-state index in [1.54, 1.807) is 27.4 Å². The molecule has 0 spiro atoms. The third kappa shape index (κ3) is 1.37. The average Bonchev–Trinajstić information content (AvgIpc) is 2.16. The van der Waals surface area contributed by atoms with Crippen molar-refractivity contribution in [2.24, 2.45) is 0 Å². The van der Waals surface area contributed by atoms with E-state index in [0.717, 1.165) is 0 Å². The maximum Gasteiger partial charge on any atom is 0.216 e. The van der Waals surface area contributed by atoms with E-state index in [1.807, 2.05) is 0 Å². The summed E-state index contributed by atoms with van der Waals surface area (Å²) in [6, 6.07) is 7.15. The van der Waals surface area contributed by atoms with E-state index < -0.39 is 0 Å². The quantitative estimate of drug-likeness (QED) is 0.677. The summed E-state index contributed by atoms with van der Waals surface area (Å²) in [6.45, 7) is 0. The van der Waals surface area contributed by atoms with Gasteiger partial charge in [-0.05, 0) is 6.07 Å².